The molecule has 2 aromatic heterocycles. The SMILES string of the molecule is C[C@H](Sc1nnc2ccccn12)C(=O)Nc1ccccc1OC(F)F. The summed E-state index contributed by atoms with van der Waals surface area (Å²) in [5, 5.41) is 10.7. The molecule has 0 unspecified atom stereocenters. The van der Waals surface area contributed by atoms with Crippen LogP contribution in [-0.4, -0.2) is 32.4 Å². The molecule has 3 aromatic rings. The quantitative estimate of drug-likeness (QED) is 0.679. The van der Waals surface area contributed by atoms with Crippen molar-refractivity contribution in [2.24, 2.45) is 0 Å². The molecule has 0 saturated carbocycles. The number of rotatable bonds is 6. The molecular weight excluding hydrogens is 350 g/mol. The number of anilines is 1. The molecule has 6 nitrogen and oxygen atoms in total. The maximum Gasteiger partial charge on any atom is 0.387 e. The number of thioether (sulfide) groups is 1. The zero-order valence-corrected chi connectivity index (χ0v) is 13.9. The van der Waals surface area contributed by atoms with Gasteiger partial charge in [0.05, 0.1) is 10.9 Å². The van der Waals surface area contributed by atoms with Gasteiger partial charge in [-0.05, 0) is 31.2 Å². The molecule has 130 valence electrons. The molecule has 0 aliphatic carbocycles. The number of ether oxygens (including phenoxy) is 1. The second-order valence-corrected chi connectivity index (χ2v) is 6.34. The number of carbonyl (C=O) groups is 1. The fraction of sp³-hybridized carbons (Fsp3) is 0.188. The van der Waals surface area contributed by atoms with E-state index in [1.54, 1.807) is 35.7 Å². The maximum absolute atomic E-state index is 12.4. The van der Waals surface area contributed by atoms with E-state index in [0.717, 1.165) is 0 Å². The fourth-order valence-electron chi connectivity index (χ4n) is 2.11. The number of halogens is 2. The van der Waals surface area contributed by atoms with Crippen LogP contribution >= 0.6 is 11.8 Å². The normalized spacial score (nSPS) is 12.3. The minimum Gasteiger partial charge on any atom is -0.433 e. The molecule has 0 saturated heterocycles. The number of para-hydroxylation sites is 2. The number of nitrogens with zero attached hydrogens (tertiary/aromatic N) is 3. The van der Waals surface area contributed by atoms with Gasteiger partial charge in [-0.15, -0.1) is 10.2 Å². The number of nitrogens with one attached hydrogen (secondary N) is 1. The highest BCUT2D eigenvalue weighted by Gasteiger charge is 2.19. The van der Waals surface area contributed by atoms with Crippen LogP contribution < -0.4 is 10.1 Å². The second kappa shape index (κ2) is 7.47. The Morgan fingerprint density at radius 1 is 1.20 bits per heavy atom. The Morgan fingerprint density at radius 3 is 2.76 bits per heavy atom. The van der Waals surface area contributed by atoms with Crippen molar-refractivity contribution in [2.75, 3.05) is 5.32 Å². The van der Waals surface area contributed by atoms with E-state index < -0.39 is 11.9 Å². The molecule has 3 rings (SSSR count). The predicted octanol–water partition coefficient (Wildman–Crippen LogP) is 3.45. The van der Waals surface area contributed by atoms with Gasteiger partial charge < -0.3 is 10.1 Å². The number of hydrogen-bond donors (Lipinski definition) is 1. The number of amides is 1. The third kappa shape index (κ3) is 4.05. The predicted molar refractivity (Wildman–Crippen MR) is 90.0 cm³/mol. The standard InChI is InChI=1S/C16H14F2N4O2S/c1-10(25-16-21-20-13-8-4-5-9-22(13)16)14(23)19-11-6-2-3-7-12(11)24-15(17)18/h2-10,15H,1H3,(H,19,23)/t10-/m0/s1. The first kappa shape index (κ1) is 17.2. The van der Waals surface area contributed by atoms with Crippen molar-refractivity contribution in [3.05, 3.63) is 48.7 Å². The molecule has 9 heteroatoms. The third-order valence-corrected chi connectivity index (χ3v) is 4.35. The molecule has 0 bridgehead atoms. The summed E-state index contributed by atoms with van der Waals surface area (Å²) < 4.78 is 31.1. The Hall–Kier alpha value is -2.68. The van der Waals surface area contributed by atoms with Crippen molar-refractivity contribution in [3.8, 4) is 5.75 Å². The number of hydrogen-bond acceptors (Lipinski definition) is 5. The number of alkyl halides is 2. The smallest absolute Gasteiger partial charge is 0.387 e. The molecule has 1 aromatic carbocycles. The van der Waals surface area contributed by atoms with E-state index >= 15 is 0 Å². The van der Waals surface area contributed by atoms with E-state index in [0.29, 0.717) is 10.8 Å². The van der Waals surface area contributed by atoms with Crippen molar-refractivity contribution in [2.45, 2.75) is 23.9 Å². The lowest BCUT2D eigenvalue weighted by molar-refractivity contribution is -0.115. The van der Waals surface area contributed by atoms with Crippen molar-refractivity contribution in [1.82, 2.24) is 14.6 Å². The van der Waals surface area contributed by atoms with E-state index in [1.807, 2.05) is 12.1 Å². The van der Waals surface area contributed by atoms with E-state index in [9.17, 15) is 13.6 Å². The van der Waals surface area contributed by atoms with Gasteiger partial charge in [-0.3, -0.25) is 9.20 Å². The molecule has 0 radical (unpaired) electrons. The summed E-state index contributed by atoms with van der Waals surface area (Å²) in [6, 6.07) is 11.5. The van der Waals surface area contributed by atoms with Gasteiger partial charge in [0.15, 0.2) is 10.8 Å². The first-order valence-electron chi connectivity index (χ1n) is 7.35. The van der Waals surface area contributed by atoms with Crippen LogP contribution in [0.3, 0.4) is 0 Å². The Balaban J connectivity index is 1.71. The molecule has 1 atom stereocenters. The third-order valence-electron chi connectivity index (χ3n) is 3.29. The van der Waals surface area contributed by atoms with Gasteiger partial charge in [-0.25, -0.2) is 0 Å². The minimum absolute atomic E-state index is 0.0871. The second-order valence-electron chi connectivity index (χ2n) is 5.04. The van der Waals surface area contributed by atoms with Crippen LogP contribution in [0.15, 0.2) is 53.8 Å². The largest absolute Gasteiger partial charge is 0.433 e. The Kier molecular flexibility index (Phi) is 5.13. The lowest BCUT2D eigenvalue weighted by Crippen LogP contribution is -2.23. The summed E-state index contributed by atoms with van der Waals surface area (Å²) in [7, 11) is 0. The van der Waals surface area contributed by atoms with Gasteiger partial charge in [0, 0.05) is 6.20 Å². The van der Waals surface area contributed by atoms with Crippen LogP contribution in [0, 0.1) is 0 Å². The average molecular weight is 364 g/mol. The molecule has 0 spiro atoms. The summed E-state index contributed by atoms with van der Waals surface area (Å²) >= 11 is 1.22. The molecule has 2 heterocycles. The van der Waals surface area contributed by atoms with Crippen molar-refractivity contribution in [1.29, 1.82) is 0 Å². The Morgan fingerprint density at radius 2 is 1.96 bits per heavy atom. The highest BCUT2D eigenvalue weighted by Crippen LogP contribution is 2.28. The zero-order valence-electron chi connectivity index (χ0n) is 13.1. The summed E-state index contributed by atoms with van der Waals surface area (Å²) in [6.45, 7) is -1.27. The summed E-state index contributed by atoms with van der Waals surface area (Å²) in [6.07, 6.45) is 1.80. The fourth-order valence-corrected chi connectivity index (χ4v) is 2.95. The lowest BCUT2D eigenvalue weighted by atomic mass is 10.3. The molecule has 1 amide bonds. The van der Waals surface area contributed by atoms with Gasteiger partial charge >= 0.3 is 6.61 Å². The Labute approximate surface area is 146 Å². The van der Waals surface area contributed by atoms with Crippen molar-refractivity contribution in [3.63, 3.8) is 0 Å². The monoisotopic (exact) mass is 364 g/mol. The molecular formula is C16H14F2N4O2S. The number of fused-ring (bicyclic) bond motifs is 1. The summed E-state index contributed by atoms with van der Waals surface area (Å²) in [4.78, 5) is 12.4. The number of benzene rings is 1. The maximum atomic E-state index is 12.4. The van der Waals surface area contributed by atoms with Crippen LogP contribution in [0.4, 0.5) is 14.5 Å². The first-order valence-corrected chi connectivity index (χ1v) is 8.23. The molecule has 1 N–H and O–H groups in total. The van der Waals surface area contributed by atoms with Crippen LogP contribution in [0.5, 0.6) is 5.75 Å². The molecule has 0 aliphatic rings. The van der Waals surface area contributed by atoms with Crippen LogP contribution in [0.25, 0.3) is 5.65 Å². The zero-order chi connectivity index (χ0) is 17.8. The van der Waals surface area contributed by atoms with Crippen molar-refractivity contribution < 1.29 is 18.3 Å². The van der Waals surface area contributed by atoms with E-state index in [1.165, 1.54) is 23.9 Å². The average Bonchev–Trinajstić information content (AvgIpc) is 2.99. The van der Waals surface area contributed by atoms with E-state index in [-0.39, 0.29) is 17.3 Å². The van der Waals surface area contributed by atoms with Crippen LogP contribution in [0.1, 0.15) is 6.92 Å². The summed E-state index contributed by atoms with van der Waals surface area (Å²) in [5.74, 6) is -0.445. The molecule has 0 aliphatic heterocycles. The first-order chi connectivity index (χ1) is 12.0. The van der Waals surface area contributed by atoms with Crippen LogP contribution in [0.2, 0.25) is 0 Å². The van der Waals surface area contributed by atoms with E-state index in [4.69, 9.17) is 0 Å². The molecule has 25 heavy (non-hydrogen) atoms. The highest BCUT2D eigenvalue weighted by molar-refractivity contribution is 8.00. The van der Waals surface area contributed by atoms with Crippen molar-refractivity contribution >= 4 is 29.0 Å². The summed E-state index contributed by atoms with van der Waals surface area (Å²) in [5.41, 5.74) is 0.861. The Bertz CT molecular complexity index is 887. The number of carbonyl (C=O) groups excluding carboxylic acids is 1. The number of pyridine rings is 1. The van der Waals surface area contributed by atoms with Gasteiger partial charge in [0.1, 0.15) is 5.75 Å². The highest BCUT2D eigenvalue weighted by atomic mass is 32.2. The van der Waals surface area contributed by atoms with Crippen LogP contribution in [-0.2, 0) is 4.79 Å². The van der Waals surface area contributed by atoms with E-state index in [2.05, 4.69) is 20.3 Å². The van der Waals surface area contributed by atoms with Gasteiger partial charge in [0.25, 0.3) is 0 Å². The van der Waals surface area contributed by atoms with Gasteiger partial charge in [-0.2, -0.15) is 8.78 Å². The minimum atomic E-state index is -2.97. The molecule has 0 fully saturated rings. The van der Waals surface area contributed by atoms with Gasteiger partial charge in [-0.1, -0.05) is 30.0 Å². The van der Waals surface area contributed by atoms with Gasteiger partial charge in [0.2, 0.25) is 5.91 Å². The lowest BCUT2D eigenvalue weighted by Gasteiger charge is -2.14. The number of aromatic nitrogens is 3. The topological polar surface area (TPSA) is 68.5 Å².